The summed E-state index contributed by atoms with van der Waals surface area (Å²) in [4.78, 5) is 0. The van der Waals surface area contributed by atoms with Crippen LogP contribution in [0, 0.1) is 17.3 Å². The molecule has 2 nitrogen and oxygen atoms in total. The van der Waals surface area contributed by atoms with Crippen molar-refractivity contribution in [2.45, 2.75) is 51.6 Å². The smallest absolute Gasteiger partial charge is 0.405 e. The van der Waals surface area contributed by atoms with Crippen molar-refractivity contribution < 1.29 is 9.31 Å². The second-order valence-corrected chi connectivity index (χ2v) is 7.67. The molecule has 0 spiro atoms. The Balaban J connectivity index is 1.52. The van der Waals surface area contributed by atoms with Crippen LogP contribution >= 0.6 is 0 Å². The van der Waals surface area contributed by atoms with E-state index in [1.54, 1.807) is 0 Å². The van der Waals surface area contributed by atoms with Crippen molar-refractivity contribution in [1.29, 1.82) is 0 Å². The minimum Gasteiger partial charge on any atom is -0.405 e. The van der Waals surface area contributed by atoms with Crippen LogP contribution in [0.5, 0.6) is 0 Å². The molecule has 1 saturated heterocycles. The summed E-state index contributed by atoms with van der Waals surface area (Å²) in [6.07, 6.45) is 3.64. The highest BCUT2D eigenvalue weighted by molar-refractivity contribution is 6.44. The number of hydrogen-bond donors (Lipinski definition) is 0. The maximum Gasteiger partial charge on any atom is 0.462 e. The molecule has 0 aromatic heterocycles. The molecular formula is C17H23BO2. The van der Waals surface area contributed by atoms with Crippen LogP contribution in [-0.4, -0.2) is 18.8 Å². The highest BCUT2D eigenvalue weighted by atomic mass is 16.7. The van der Waals surface area contributed by atoms with Gasteiger partial charge < -0.3 is 9.31 Å². The zero-order chi connectivity index (χ0) is 14.0. The monoisotopic (exact) mass is 270 g/mol. The predicted molar refractivity (Wildman–Crippen MR) is 80.3 cm³/mol. The van der Waals surface area contributed by atoms with Gasteiger partial charge in [-0.25, -0.2) is 0 Å². The van der Waals surface area contributed by atoms with Gasteiger partial charge in [0, 0.05) is 6.32 Å². The van der Waals surface area contributed by atoms with Crippen molar-refractivity contribution >= 4 is 7.12 Å². The van der Waals surface area contributed by atoms with E-state index in [4.69, 9.17) is 9.31 Å². The molecule has 0 unspecified atom stereocenters. The first-order valence-electron chi connectivity index (χ1n) is 7.86. The molecule has 1 aromatic carbocycles. The van der Waals surface area contributed by atoms with E-state index in [0.717, 1.165) is 18.7 Å². The van der Waals surface area contributed by atoms with Crippen molar-refractivity contribution in [1.82, 2.24) is 0 Å². The fourth-order valence-electron chi connectivity index (χ4n) is 4.69. The lowest BCUT2D eigenvalue weighted by molar-refractivity contribution is -0.185. The molecule has 1 heterocycles. The Labute approximate surface area is 122 Å². The molecule has 106 valence electrons. The van der Waals surface area contributed by atoms with Crippen LogP contribution in [0.4, 0.5) is 0 Å². The molecule has 4 atom stereocenters. The molecule has 1 aromatic rings. The molecule has 4 fully saturated rings. The van der Waals surface area contributed by atoms with Crippen molar-refractivity contribution in [3.63, 3.8) is 0 Å². The Morgan fingerprint density at radius 3 is 2.65 bits per heavy atom. The largest absolute Gasteiger partial charge is 0.462 e. The molecule has 4 aliphatic rings. The van der Waals surface area contributed by atoms with Crippen molar-refractivity contribution in [3.05, 3.63) is 35.9 Å². The molecule has 3 aliphatic carbocycles. The van der Waals surface area contributed by atoms with Crippen LogP contribution in [0.15, 0.2) is 30.3 Å². The summed E-state index contributed by atoms with van der Waals surface area (Å²) in [5.74, 6) is 1.49. The maximum atomic E-state index is 6.34. The highest BCUT2D eigenvalue weighted by Crippen LogP contribution is 2.64. The lowest BCUT2D eigenvalue weighted by atomic mass is 9.45. The Bertz CT molecular complexity index is 515. The van der Waals surface area contributed by atoms with Crippen molar-refractivity contribution in [2.24, 2.45) is 17.3 Å². The fraction of sp³-hybridized carbons (Fsp3) is 0.647. The standard InChI is InChI=1S/C17H23BO2/c1-16(2)13-9-14(16)15-17(3,10-13)20-18(19-15)11-12-7-5-4-6-8-12/h4-8,13-15H,9-11H2,1-3H3/t13-,14+,15-,17+/m1/s1. The van der Waals surface area contributed by atoms with Gasteiger partial charge in [0.1, 0.15) is 0 Å². The van der Waals surface area contributed by atoms with Crippen LogP contribution < -0.4 is 0 Å². The fourth-order valence-corrected chi connectivity index (χ4v) is 4.69. The second kappa shape index (κ2) is 4.11. The Hall–Kier alpha value is -0.795. The summed E-state index contributed by atoms with van der Waals surface area (Å²) in [7, 11) is -0.0671. The molecule has 5 rings (SSSR count). The van der Waals surface area contributed by atoms with Gasteiger partial charge in [0.25, 0.3) is 0 Å². The average Bonchev–Trinajstić information content (AvgIpc) is 2.75. The van der Waals surface area contributed by atoms with Crippen LogP contribution in [0.1, 0.15) is 39.2 Å². The minimum atomic E-state index is -0.0671. The molecule has 3 saturated carbocycles. The van der Waals surface area contributed by atoms with E-state index in [2.05, 4.69) is 51.1 Å². The SMILES string of the molecule is CC1(C)[C@@H]2C[C@H]1[C@H]1OB(Cc3ccccc3)O[C@@]1(C)C2. The number of rotatable bonds is 2. The summed E-state index contributed by atoms with van der Waals surface area (Å²) < 4.78 is 12.7. The predicted octanol–water partition coefficient (Wildman–Crippen LogP) is 3.50. The topological polar surface area (TPSA) is 18.5 Å². The van der Waals surface area contributed by atoms with Crippen molar-refractivity contribution in [2.75, 3.05) is 0 Å². The molecule has 0 amide bonds. The van der Waals surface area contributed by atoms with Crippen molar-refractivity contribution in [3.8, 4) is 0 Å². The first kappa shape index (κ1) is 12.9. The molecule has 0 N–H and O–H groups in total. The van der Waals surface area contributed by atoms with Crippen LogP contribution in [-0.2, 0) is 15.6 Å². The van der Waals surface area contributed by atoms with E-state index in [-0.39, 0.29) is 18.8 Å². The second-order valence-electron chi connectivity index (χ2n) is 7.67. The van der Waals surface area contributed by atoms with Gasteiger partial charge in [0.15, 0.2) is 0 Å². The normalized spacial score (nSPS) is 41.1. The van der Waals surface area contributed by atoms with Gasteiger partial charge in [-0.1, -0.05) is 49.7 Å². The van der Waals surface area contributed by atoms with Gasteiger partial charge in [-0.05, 0) is 37.0 Å². The maximum absolute atomic E-state index is 6.34. The zero-order valence-electron chi connectivity index (χ0n) is 12.6. The summed E-state index contributed by atoms with van der Waals surface area (Å²) in [5, 5.41) is 0. The van der Waals surface area contributed by atoms with E-state index >= 15 is 0 Å². The Morgan fingerprint density at radius 2 is 1.95 bits per heavy atom. The molecule has 2 bridgehead atoms. The van der Waals surface area contributed by atoms with E-state index in [0.29, 0.717) is 11.3 Å². The zero-order valence-corrected chi connectivity index (χ0v) is 12.6. The van der Waals surface area contributed by atoms with E-state index < -0.39 is 0 Å². The molecule has 3 heteroatoms. The van der Waals surface area contributed by atoms with Crippen LogP contribution in [0.2, 0.25) is 0 Å². The Kier molecular flexibility index (Phi) is 2.65. The van der Waals surface area contributed by atoms with E-state index in [9.17, 15) is 0 Å². The van der Waals surface area contributed by atoms with Crippen LogP contribution in [0.3, 0.4) is 0 Å². The minimum absolute atomic E-state index is 0.0530. The first-order valence-corrected chi connectivity index (χ1v) is 7.86. The quantitative estimate of drug-likeness (QED) is 0.766. The lowest BCUT2D eigenvalue weighted by Crippen LogP contribution is -2.63. The highest BCUT2D eigenvalue weighted by Gasteiger charge is 2.66. The van der Waals surface area contributed by atoms with Gasteiger partial charge >= 0.3 is 7.12 Å². The van der Waals surface area contributed by atoms with E-state index in [1.807, 2.05) is 0 Å². The third-order valence-electron chi connectivity index (χ3n) is 6.11. The van der Waals surface area contributed by atoms with Gasteiger partial charge in [0.2, 0.25) is 0 Å². The summed E-state index contributed by atoms with van der Waals surface area (Å²) >= 11 is 0. The molecule has 0 radical (unpaired) electrons. The number of benzene rings is 1. The lowest BCUT2D eigenvalue weighted by Gasteiger charge is -2.63. The summed E-state index contributed by atoms with van der Waals surface area (Å²) in [6.45, 7) is 7.07. The van der Waals surface area contributed by atoms with Gasteiger partial charge in [0.05, 0.1) is 11.7 Å². The molecule has 20 heavy (non-hydrogen) atoms. The van der Waals surface area contributed by atoms with Crippen LogP contribution in [0.25, 0.3) is 0 Å². The van der Waals surface area contributed by atoms with Gasteiger partial charge in [-0.3, -0.25) is 0 Å². The van der Waals surface area contributed by atoms with E-state index in [1.165, 1.54) is 12.0 Å². The Morgan fingerprint density at radius 1 is 1.20 bits per heavy atom. The summed E-state index contributed by atoms with van der Waals surface area (Å²) in [5.41, 5.74) is 1.68. The van der Waals surface area contributed by atoms with Gasteiger partial charge in [-0.15, -0.1) is 0 Å². The third kappa shape index (κ3) is 1.72. The third-order valence-corrected chi connectivity index (χ3v) is 6.11. The number of hydrogen-bond acceptors (Lipinski definition) is 2. The molecular weight excluding hydrogens is 247 g/mol. The average molecular weight is 270 g/mol. The summed E-state index contributed by atoms with van der Waals surface area (Å²) in [6, 6.07) is 10.5. The van der Waals surface area contributed by atoms with Gasteiger partial charge in [-0.2, -0.15) is 0 Å². The first-order chi connectivity index (χ1) is 9.49. The molecule has 1 aliphatic heterocycles.